The van der Waals surface area contributed by atoms with Crippen molar-refractivity contribution in [3.8, 4) is 0 Å². The fourth-order valence-electron chi connectivity index (χ4n) is 1.71. The van der Waals surface area contributed by atoms with Gasteiger partial charge in [-0.05, 0) is 25.0 Å². The molecule has 0 aliphatic heterocycles. The van der Waals surface area contributed by atoms with E-state index >= 15 is 0 Å². The van der Waals surface area contributed by atoms with Crippen molar-refractivity contribution in [1.82, 2.24) is 0 Å². The highest BCUT2D eigenvalue weighted by atomic mass is 32.1. The molecule has 0 fully saturated rings. The van der Waals surface area contributed by atoms with Crippen LogP contribution >= 0.6 is 11.3 Å². The summed E-state index contributed by atoms with van der Waals surface area (Å²) in [7, 11) is 0.329. The zero-order valence-electron chi connectivity index (χ0n) is 10.1. The predicted molar refractivity (Wildman–Crippen MR) is 68.2 cm³/mol. The first kappa shape index (κ1) is 13.7. The average Bonchev–Trinajstić information content (AvgIpc) is 2.62. The van der Waals surface area contributed by atoms with Crippen molar-refractivity contribution in [2.24, 2.45) is 0 Å². The highest BCUT2D eigenvalue weighted by molar-refractivity contribution is 7.22. The molecule has 16 heavy (non-hydrogen) atoms. The molecule has 1 heterocycles. The first-order valence-electron chi connectivity index (χ1n) is 5.59. The Morgan fingerprint density at radius 3 is 2.62 bits per heavy atom. The number of hydrogen-bond acceptors (Lipinski definition) is 4. The van der Waals surface area contributed by atoms with Crippen molar-refractivity contribution in [3.05, 3.63) is 16.5 Å². The minimum absolute atomic E-state index is 0.0810. The lowest BCUT2D eigenvalue weighted by Crippen LogP contribution is -2.26. The topological polar surface area (TPSA) is 49.7 Å². The Morgan fingerprint density at radius 2 is 2.19 bits per heavy atom. The summed E-state index contributed by atoms with van der Waals surface area (Å²) in [4.78, 5) is 1.11. The summed E-state index contributed by atoms with van der Waals surface area (Å²) in [5, 5.41) is 18.2. The van der Waals surface area contributed by atoms with Gasteiger partial charge in [0, 0.05) is 16.8 Å². The maximum absolute atomic E-state index is 9.12. The predicted octanol–water partition coefficient (Wildman–Crippen LogP) is 1.61. The van der Waals surface area contributed by atoms with Gasteiger partial charge in [0.1, 0.15) is 0 Å². The summed E-state index contributed by atoms with van der Waals surface area (Å²) >= 11 is 1.43. The van der Waals surface area contributed by atoms with Crippen LogP contribution in [0.5, 0.6) is 0 Å². The molecule has 0 saturated heterocycles. The van der Waals surface area contributed by atoms with Crippen LogP contribution in [0.15, 0.2) is 6.07 Å². The van der Waals surface area contributed by atoms with Gasteiger partial charge in [-0.2, -0.15) is 0 Å². The Labute approximate surface area is 101 Å². The van der Waals surface area contributed by atoms with E-state index in [4.69, 9.17) is 14.8 Å². The SMILES string of the molecule is CCCCC(OC)c1sc(B(O)O)cc1C. The lowest BCUT2D eigenvalue weighted by atomic mass is 9.89. The van der Waals surface area contributed by atoms with Gasteiger partial charge in [-0.3, -0.25) is 0 Å². The number of aryl methyl sites for hydroxylation is 1. The van der Waals surface area contributed by atoms with Crippen molar-refractivity contribution in [2.75, 3.05) is 7.11 Å². The normalized spacial score (nSPS) is 12.8. The lowest BCUT2D eigenvalue weighted by Gasteiger charge is -2.14. The van der Waals surface area contributed by atoms with Crippen molar-refractivity contribution in [2.45, 2.75) is 39.2 Å². The van der Waals surface area contributed by atoms with E-state index < -0.39 is 7.12 Å². The standard InChI is InChI=1S/C11H19BO3S/c1-4-5-6-9(15-3)11-8(2)7-10(16-11)12(13)14/h7,9,13-14H,4-6H2,1-3H3. The van der Waals surface area contributed by atoms with Crippen LogP contribution in [0.2, 0.25) is 0 Å². The molecule has 0 radical (unpaired) electrons. The third kappa shape index (κ3) is 3.32. The highest BCUT2D eigenvalue weighted by Gasteiger charge is 2.21. The second-order valence-corrected chi connectivity index (χ2v) is 5.05. The number of methoxy groups -OCH3 is 1. The first-order chi connectivity index (χ1) is 7.60. The van der Waals surface area contributed by atoms with Gasteiger partial charge in [-0.25, -0.2) is 0 Å². The minimum atomic E-state index is -1.37. The van der Waals surface area contributed by atoms with Gasteiger partial charge >= 0.3 is 7.12 Å². The average molecular weight is 242 g/mol. The van der Waals surface area contributed by atoms with Crippen LogP contribution in [0.25, 0.3) is 0 Å². The number of thiophene rings is 1. The molecule has 90 valence electrons. The summed E-state index contributed by atoms with van der Waals surface area (Å²) in [6.07, 6.45) is 3.32. The van der Waals surface area contributed by atoms with E-state index in [1.807, 2.05) is 13.0 Å². The molecule has 1 aromatic heterocycles. The molecule has 0 bridgehead atoms. The van der Waals surface area contributed by atoms with Gasteiger partial charge in [0.15, 0.2) is 0 Å². The third-order valence-electron chi connectivity index (χ3n) is 2.63. The van der Waals surface area contributed by atoms with Crippen LogP contribution in [0.4, 0.5) is 0 Å². The van der Waals surface area contributed by atoms with E-state index in [1.165, 1.54) is 11.3 Å². The van der Waals surface area contributed by atoms with Gasteiger partial charge in [-0.1, -0.05) is 19.8 Å². The number of ether oxygens (including phenoxy) is 1. The Kier molecular flexibility index (Phi) is 5.48. The van der Waals surface area contributed by atoms with Crippen molar-refractivity contribution >= 4 is 23.2 Å². The van der Waals surface area contributed by atoms with E-state index in [-0.39, 0.29) is 6.10 Å². The number of rotatable bonds is 6. The second-order valence-electron chi connectivity index (χ2n) is 3.94. The second kappa shape index (κ2) is 6.40. The summed E-state index contributed by atoms with van der Waals surface area (Å²) in [5.74, 6) is 0. The molecule has 0 spiro atoms. The maximum Gasteiger partial charge on any atom is 0.499 e. The molecule has 1 rings (SSSR count). The molecule has 0 amide bonds. The molecule has 1 unspecified atom stereocenters. The Balaban J connectivity index is 2.83. The number of hydrogen-bond donors (Lipinski definition) is 2. The Morgan fingerprint density at radius 1 is 1.50 bits per heavy atom. The fraction of sp³-hybridized carbons (Fsp3) is 0.636. The highest BCUT2D eigenvalue weighted by Crippen LogP contribution is 2.29. The first-order valence-corrected chi connectivity index (χ1v) is 6.41. The van der Waals surface area contributed by atoms with Gasteiger partial charge in [-0.15, -0.1) is 11.3 Å². The van der Waals surface area contributed by atoms with Crippen LogP contribution in [0, 0.1) is 6.92 Å². The lowest BCUT2D eigenvalue weighted by molar-refractivity contribution is 0.0960. The molecule has 5 heteroatoms. The maximum atomic E-state index is 9.12. The molecule has 0 aromatic carbocycles. The fourth-order valence-corrected chi connectivity index (χ4v) is 2.87. The van der Waals surface area contributed by atoms with Crippen LogP contribution in [0.1, 0.15) is 42.7 Å². The summed E-state index contributed by atoms with van der Waals surface area (Å²) < 4.78 is 6.05. The van der Waals surface area contributed by atoms with Gasteiger partial charge in [0.05, 0.1) is 6.10 Å². The Bertz CT molecular complexity index is 325. The van der Waals surface area contributed by atoms with E-state index in [2.05, 4.69) is 6.92 Å². The smallest absolute Gasteiger partial charge is 0.423 e. The quantitative estimate of drug-likeness (QED) is 0.745. The van der Waals surface area contributed by atoms with Gasteiger partial charge in [0.25, 0.3) is 0 Å². The van der Waals surface area contributed by atoms with Crippen LogP contribution < -0.4 is 4.78 Å². The van der Waals surface area contributed by atoms with Gasteiger partial charge in [0.2, 0.25) is 0 Å². The minimum Gasteiger partial charge on any atom is -0.423 e. The Hall–Kier alpha value is -0.355. The molecule has 0 aliphatic rings. The van der Waals surface area contributed by atoms with Crippen molar-refractivity contribution in [1.29, 1.82) is 0 Å². The monoisotopic (exact) mass is 242 g/mol. The van der Waals surface area contributed by atoms with E-state index in [9.17, 15) is 0 Å². The molecule has 0 saturated carbocycles. The largest absolute Gasteiger partial charge is 0.499 e. The molecular weight excluding hydrogens is 223 g/mol. The third-order valence-corrected chi connectivity index (χ3v) is 4.00. The van der Waals surface area contributed by atoms with Crippen molar-refractivity contribution < 1.29 is 14.8 Å². The van der Waals surface area contributed by atoms with E-state index in [0.717, 1.165) is 29.7 Å². The molecule has 3 nitrogen and oxygen atoms in total. The summed E-state index contributed by atoms with van der Waals surface area (Å²) in [6, 6.07) is 1.82. The molecule has 2 N–H and O–H groups in total. The zero-order chi connectivity index (χ0) is 12.1. The molecule has 0 aliphatic carbocycles. The van der Waals surface area contributed by atoms with E-state index in [1.54, 1.807) is 7.11 Å². The molecule has 1 atom stereocenters. The summed E-state index contributed by atoms with van der Waals surface area (Å²) in [5.41, 5.74) is 1.08. The van der Waals surface area contributed by atoms with E-state index in [0.29, 0.717) is 4.78 Å². The molecule has 1 aromatic rings. The van der Waals surface area contributed by atoms with Crippen LogP contribution in [-0.4, -0.2) is 24.3 Å². The van der Waals surface area contributed by atoms with Crippen LogP contribution in [-0.2, 0) is 4.74 Å². The van der Waals surface area contributed by atoms with Crippen molar-refractivity contribution in [3.63, 3.8) is 0 Å². The zero-order valence-corrected chi connectivity index (χ0v) is 10.9. The van der Waals surface area contributed by atoms with Gasteiger partial charge < -0.3 is 14.8 Å². The van der Waals surface area contributed by atoms with Crippen LogP contribution in [0.3, 0.4) is 0 Å². The number of unbranched alkanes of at least 4 members (excludes halogenated alkanes) is 1. The summed E-state index contributed by atoms with van der Waals surface area (Å²) in [6.45, 7) is 4.13. The molecular formula is C11H19BO3S.